The van der Waals surface area contributed by atoms with Crippen LogP contribution < -0.4 is 0 Å². The molecule has 54 valence electrons. The molecule has 0 fully saturated rings. The van der Waals surface area contributed by atoms with Crippen LogP contribution in [0.15, 0.2) is 12.3 Å². The summed E-state index contributed by atoms with van der Waals surface area (Å²) in [5.41, 5.74) is 1.02. The Labute approximate surface area is 72.6 Å². The smallest absolute Gasteiger partial charge is 0.213 e. The molecule has 0 aromatic carbocycles. The highest BCUT2D eigenvalue weighted by molar-refractivity contribution is 14.1. The van der Waals surface area contributed by atoms with Gasteiger partial charge in [0.05, 0.1) is 0 Å². The summed E-state index contributed by atoms with van der Waals surface area (Å²) in [7, 11) is 0. The number of aryl methyl sites for hydroxylation is 1. The van der Waals surface area contributed by atoms with Gasteiger partial charge in [0.25, 0.3) is 0 Å². The molecule has 3 nitrogen and oxygen atoms in total. The maximum atomic E-state index is 10.6. The van der Waals surface area contributed by atoms with E-state index in [1.807, 2.05) is 13.0 Å². The van der Waals surface area contributed by atoms with E-state index in [0.29, 0.717) is 6.54 Å². The molecule has 0 N–H and O–H groups in total. The molecule has 0 saturated carbocycles. The van der Waals surface area contributed by atoms with Gasteiger partial charge in [-0.3, -0.25) is 9.48 Å². The lowest BCUT2D eigenvalue weighted by Gasteiger charge is -1.97. The van der Waals surface area contributed by atoms with Crippen LogP contribution in [0.4, 0.5) is 0 Å². The largest absolute Gasteiger partial charge is 0.286 e. The Morgan fingerprint density at radius 1 is 1.90 bits per heavy atom. The summed E-state index contributed by atoms with van der Waals surface area (Å²) in [6.45, 7) is 2.30. The van der Waals surface area contributed by atoms with Gasteiger partial charge in [-0.15, -0.1) is 0 Å². The van der Waals surface area contributed by atoms with Crippen LogP contribution in [0.1, 0.15) is 5.69 Å². The molecule has 0 radical (unpaired) electrons. The molecule has 0 bridgehead atoms. The van der Waals surface area contributed by atoms with Crippen molar-refractivity contribution in [2.24, 2.45) is 0 Å². The topological polar surface area (TPSA) is 34.9 Å². The lowest BCUT2D eigenvalue weighted by atomic mass is 10.5. The Bertz CT molecular complexity index is 244. The molecular formula is C6H7IN2O. The molecule has 1 rings (SSSR count). The van der Waals surface area contributed by atoms with E-state index < -0.39 is 0 Å². The van der Waals surface area contributed by atoms with Crippen LogP contribution in [-0.4, -0.2) is 13.6 Å². The predicted molar refractivity (Wildman–Crippen MR) is 46.0 cm³/mol. The summed E-state index contributed by atoms with van der Waals surface area (Å²) < 4.78 is 1.78. The molecule has 1 aromatic heterocycles. The standard InChI is InChI=1S/C6H7IN2O/c1-5-2-3-8-9(5)4-6(7)10/h2-3H,4H2,1H3. The maximum Gasteiger partial charge on any atom is 0.213 e. The van der Waals surface area contributed by atoms with Crippen molar-refractivity contribution in [1.29, 1.82) is 0 Å². The molecular weight excluding hydrogens is 243 g/mol. The van der Waals surface area contributed by atoms with E-state index in [4.69, 9.17) is 0 Å². The van der Waals surface area contributed by atoms with Crippen molar-refractivity contribution >= 4 is 26.4 Å². The minimum Gasteiger partial charge on any atom is -0.286 e. The molecule has 0 spiro atoms. The third kappa shape index (κ3) is 1.80. The Hall–Kier alpha value is -0.390. The number of rotatable bonds is 2. The number of carbonyl (C=O) groups excluding carboxylic acids is 1. The summed E-state index contributed by atoms with van der Waals surface area (Å²) in [6, 6.07) is 1.87. The number of hydrogen-bond acceptors (Lipinski definition) is 2. The average Bonchev–Trinajstić information content (AvgIpc) is 2.15. The van der Waals surface area contributed by atoms with Gasteiger partial charge in [-0.05, 0) is 13.0 Å². The van der Waals surface area contributed by atoms with Crippen molar-refractivity contribution in [3.8, 4) is 0 Å². The molecule has 0 aliphatic rings. The summed E-state index contributed by atoms with van der Waals surface area (Å²) >= 11 is 1.76. The van der Waals surface area contributed by atoms with Crippen molar-refractivity contribution in [3.63, 3.8) is 0 Å². The van der Waals surface area contributed by atoms with Crippen LogP contribution in [0.5, 0.6) is 0 Å². The Morgan fingerprint density at radius 2 is 2.60 bits per heavy atom. The van der Waals surface area contributed by atoms with Crippen LogP contribution >= 0.6 is 22.6 Å². The minimum absolute atomic E-state index is 0.101. The normalized spacial score (nSPS) is 9.80. The zero-order valence-corrected chi connectivity index (χ0v) is 7.70. The lowest BCUT2D eigenvalue weighted by Crippen LogP contribution is -2.06. The van der Waals surface area contributed by atoms with Crippen LogP contribution in [0.3, 0.4) is 0 Å². The molecule has 10 heavy (non-hydrogen) atoms. The molecule has 0 aliphatic carbocycles. The second-order valence-electron chi connectivity index (χ2n) is 1.99. The molecule has 4 heteroatoms. The van der Waals surface area contributed by atoms with Gasteiger partial charge >= 0.3 is 0 Å². The second kappa shape index (κ2) is 3.14. The van der Waals surface area contributed by atoms with Gasteiger partial charge in [-0.1, -0.05) is 0 Å². The van der Waals surface area contributed by atoms with Gasteiger partial charge < -0.3 is 0 Å². The molecule has 0 unspecified atom stereocenters. The number of aromatic nitrogens is 2. The van der Waals surface area contributed by atoms with Gasteiger partial charge in [0, 0.05) is 34.5 Å². The molecule has 0 aliphatic heterocycles. The first-order chi connectivity index (χ1) is 4.70. The molecule has 0 saturated heterocycles. The Morgan fingerprint density at radius 3 is 3.00 bits per heavy atom. The van der Waals surface area contributed by atoms with Crippen LogP contribution in [0.25, 0.3) is 0 Å². The van der Waals surface area contributed by atoms with Crippen molar-refractivity contribution in [1.82, 2.24) is 9.78 Å². The third-order valence-electron chi connectivity index (χ3n) is 1.20. The number of halogens is 1. The summed E-state index contributed by atoms with van der Waals surface area (Å²) in [5.74, 6) is 0. The SMILES string of the molecule is Cc1ccnn1CC(=O)I. The maximum absolute atomic E-state index is 10.6. The van der Waals surface area contributed by atoms with E-state index in [2.05, 4.69) is 5.10 Å². The zero-order chi connectivity index (χ0) is 7.56. The highest BCUT2D eigenvalue weighted by Gasteiger charge is 1.99. The van der Waals surface area contributed by atoms with Crippen molar-refractivity contribution in [3.05, 3.63) is 18.0 Å². The number of nitrogens with zero attached hydrogens (tertiary/aromatic N) is 2. The van der Waals surface area contributed by atoms with E-state index in [-0.39, 0.29) is 3.79 Å². The number of carbonyl (C=O) groups is 1. The average molecular weight is 250 g/mol. The third-order valence-corrected chi connectivity index (χ3v) is 1.54. The lowest BCUT2D eigenvalue weighted by molar-refractivity contribution is -0.110. The zero-order valence-electron chi connectivity index (χ0n) is 5.54. The van der Waals surface area contributed by atoms with Gasteiger partial charge in [0.15, 0.2) is 0 Å². The van der Waals surface area contributed by atoms with E-state index in [1.165, 1.54) is 0 Å². The summed E-state index contributed by atoms with van der Waals surface area (Å²) in [4.78, 5) is 10.6. The predicted octanol–water partition coefficient (Wildman–Crippen LogP) is 1.15. The Balaban J connectivity index is 2.74. The van der Waals surface area contributed by atoms with Crippen LogP contribution in [0.2, 0.25) is 0 Å². The first-order valence-corrected chi connectivity index (χ1v) is 3.95. The number of hydrogen-bond donors (Lipinski definition) is 0. The fourth-order valence-electron chi connectivity index (χ4n) is 0.682. The molecule has 1 aromatic rings. The highest BCUT2D eigenvalue weighted by atomic mass is 127. The molecule has 1 heterocycles. The van der Waals surface area contributed by atoms with Gasteiger partial charge in [0.1, 0.15) is 6.54 Å². The summed E-state index contributed by atoms with van der Waals surface area (Å²) in [5, 5.41) is 3.95. The van der Waals surface area contributed by atoms with E-state index in [0.717, 1.165) is 5.69 Å². The first kappa shape index (κ1) is 7.71. The van der Waals surface area contributed by atoms with Gasteiger partial charge in [-0.2, -0.15) is 5.10 Å². The molecule has 0 atom stereocenters. The second-order valence-corrected chi connectivity index (χ2v) is 3.19. The van der Waals surface area contributed by atoms with Crippen molar-refractivity contribution in [2.75, 3.05) is 0 Å². The van der Waals surface area contributed by atoms with Gasteiger partial charge in [0.2, 0.25) is 3.79 Å². The van der Waals surface area contributed by atoms with Crippen LogP contribution in [-0.2, 0) is 11.3 Å². The fraction of sp³-hybridized carbons (Fsp3) is 0.333. The van der Waals surface area contributed by atoms with Crippen molar-refractivity contribution in [2.45, 2.75) is 13.5 Å². The Kier molecular flexibility index (Phi) is 2.42. The van der Waals surface area contributed by atoms with E-state index >= 15 is 0 Å². The first-order valence-electron chi connectivity index (χ1n) is 2.87. The highest BCUT2D eigenvalue weighted by Crippen LogP contribution is 1.97. The summed E-state index contributed by atoms with van der Waals surface area (Å²) in [6.07, 6.45) is 1.69. The minimum atomic E-state index is 0.101. The molecule has 0 amide bonds. The fourth-order valence-corrected chi connectivity index (χ4v) is 1.01. The monoisotopic (exact) mass is 250 g/mol. The van der Waals surface area contributed by atoms with E-state index in [1.54, 1.807) is 33.5 Å². The van der Waals surface area contributed by atoms with Gasteiger partial charge in [-0.25, -0.2) is 0 Å². The van der Waals surface area contributed by atoms with E-state index in [9.17, 15) is 4.79 Å². The quantitative estimate of drug-likeness (QED) is 0.583. The van der Waals surface area contributed by atoms with Crippen LogP contribution in [0, 0.1) is 6.92 Å². The van der Waals surface area contributed by atoms with Crippen molar-refractivity contribution < 1.29 is 4.79 Å².